The number of nitrogens with one attached hydrogen (secondary N) is 2. The molecule has 0 bridgehead atoms. The van der Waals surface area contributed by atoms with E-state index in [9.17, 15) is 8.42 Å². The van der Waals surface area contributed by atoms with Crippen LogP contribution in [0.1, 0.15) is 13.8 Å². The summed E-state index contributed by atoms with van der Waals surface area (Å²) in [5.74, 6) is 0. The van der Waals surface area contributed by atoms with Crippen LogP contribution >= 0.6 is 24.8 Å². The van der Waals surface area contributed by atoms with Crippen LogP contribution in [0.3, 0.4) is 0 Å². The molecule has 1 atom stereocenters. The van der Waals surface area contributed by atoms with E-state index < -0.39 is 10.0 Å². The summed E-state index contributed by atoms with van der Waals surface area (Å²) < 4.78 is 27.5. The topological polar surface area (TPSA) is 71.1 Å². The summed E-state index contributed by atoms with van der Waals surface area (Å²) in [4.78, 5) is 4.29. The van der Waals surface area contributed by atoms with Gasteiger partial charge in [-0.25, -0.2) is 13.1 Å². The maximum atomic E-state index is 12.4. The Morgan fingerprint density at radius 3 is 2.67 bits per heavy atom. The zero-order valence-electron chi connectivity index (χ0n) is 13.6. The quantitative estimate of drug-likeness (QED) is 0.562. The van der Waals surface area contributed by atoms with Gasteiger partial charge >= 0.3 is 0 Å². The molecule has 2 rings (SSSR count). The van der Waals surface area contributed by atoms with Gasteiger partial charge in [-0.1, -0.05) is 18.2 Å². The molecule has 0 saturated carbocycles. The van der Waals surface area contributed by atoms with E-state index in [1.807, 2.05) is 26.0 Å². The summed E-state index contributed by atoms with van der Waals surface area (Å²) in [5, 5.41) is 4.94. The van der Waals surface area contributed by atoms with Crippen molar-refractivity contribution in [3.05, 3.63) is 48.8 Å². The molecule has 0 unspecified atom stereocenters. The van der Waals surface area contributed by atoms with Gasteiger partial charge in [-0.15, -0.1) is 24.8 Å². The molecule has 0 aliphatic carbocycles. The molecule has 134 valence electrons. The Bertz CT molecular complexity index is 767. The van der Waals surface area contributed by atoms with E-state index in [0.717, 1.165) is 17.3 Å². The second-order valence-corrected chi connectivity index (χ2v) is 6.85. The summed E-state index contributed by atoms with van der Waals surface area (Å²) >= 11 is 0. The summed E-state index contributed by atoms with van der Waals surface area (Å²) in [7, 11) is -3.52. The standard InChI is InChI=1S/C16H21N3O2S.2ClH/c1-3-4-8-17-11-13(2)19-22(20,21)16-6-5-15-12-18-9-7-14(15)10-16;;/h3-7,9-10,12-13,17,19H,8,11H2,1-2H3;2*1H/b4-3+;;/t13-;;/m1../s1. The van der Waals surface area contributed by atoms with Gasteiger partial charge in [0.1, 0.15) is 0 Å². The SMILES string of the molecule is C/C=C/CNC[C@@H](C)NS(=O)(=O)c1ccc2cnccc2c1.Cl.Cl. The van der Waals surface area contributed by atoms with Crippen molar-refractivity contribution < 1.29 is 8.42 Å². The van der Waals surface area contributed by atoms with Crippen LogP contribution in [0.5, 0.6) is 0 Å². The number of hydrogen-bond acceptors (Lipinski definition) is 4. The number of benzene rings is 1. The molecule has 5 nitrogen and oxygen atoms in total. The van der Waals surface area contributed by atoms with Crippen molar-refractivity contribution in [2.24, 2.45) is 0 Å². The minimum atomic E-state index is -3.52. The van der Waals surface area contributed by atoms with Gasteiger partial charge in [0.2, 0.25) is 10.0 Å². The maximum Gasteiger partial charge on any atom is 0.240 e. The lowest BCUT2D eigenvalue weighted by Crippen LogP contribution is -2.39. The Hall–Kier alpha value is -1.18. The van der Waals surface area contributed by atoms with Gasteiger partial charge in [0.05, 0.1) is 4.90 Å². The first-order valence-electron chi connectivity index (χ1n) is 7.21. The van der Waals surface area contributed by atoms with E-state index >= 15 is 0 Å². The average molecular weight is 392 g/mol. The van der Waals surface area contributed by atoms with Crippen molar-refractivity contribution in [2.75, 3.05) is 13.1 Å². The molecule has 1 heterocycles. The van der Waals surface area contributed by atoms with Crippen LogP contribution < -0.4 is 10.0 Å². The number of sulfonamides is 1. The molecule has 2 aromatic rings. The highest BCUT2D eigenvalue weighted by molar-refractivity contribution is 7.89. The molecule has 2 N–H and O–H groups in total. The number of nitrogens with zero attached hydrogens (tertiary/aromatic N) is 1. The van der Waals surface area contributed by atoms with Crippen LogP contribution in [0.25, 0.3) is 10.8 Å². The lowest BCUT2D eigenvalue weighted by molar-refractivity contribution is 0.545. The van der Waals surface area contributed by atoms with Crippen molar-refractivity contribution in [3.8, 4) is 0 Å². The van der Waals surface area contributed by atoms with E-state index in [1.165, 1.54) is 0 Å². The first-order chi connectivity index (χ1) is 10.5. The molecule has 0 spiro atoms. The maximum absolute atomic E-state index is 12.4. The van der Waals surface area contributed by atoms with Crippen LogP contribution in [0.15, 0.2) is 53.7 Å². The van der Waals surface area contributed by atoms with Gasteiger partial charge < -0.3 is 5.32 Å². The Balaban J connectivity index is 0.00000264. The third-order valence-electron chi connectivity index (χ3n) is 3.23. The molecule has 0 aliphatic heterocycles. The summed E-state index contributed by atoms with van der Waals surface area (Å²) in [5.41, 5.74) is 0. The van der Waals surface area contributed by atoms with Gasteiger partial charge in [-0.05, 0) is 37.4 Å². The Kier molecular flexibility index (Phi) is 10.1. The number of hydrogen-bond donors (Lipinski definition) is 2. The van der Waals surface area contributed by atoms with Gasteiger partial charge in [-0.3, -0.25) is 4.98 Å². The number of aromatic nitrogens is 1. The van der Waals surface area contributed by atoms with E-state index in [2.05, 4.69) is 15.0 Å². The van der Waals surface area contributed by atoms with E-state index in [-0.39, 0.29) is 35.8 Å². The fourth-order valence-corrected chi connectivity index (χ4v) is 3.38. The smallest absolute Gasteiger partial charge is 0.240 e. The van der Waals surface area contributed by atoms with Crippen LogP contribution in [-0.2, 0) is 10.0 Å². The van der Waals surface area contributed by atoms with Crippen LogP contribution in [0.2, 0.25) is 0 Å². The number of rotatable bonds is 7. The molecule has 0 fully saturated rings. The highest BCUT2D eigenvalue weighted by atomic mass is 35.5. The van der Waals surface area contributed by atoms with Crippen molar-refractivity contribution >= 4 is 45.6 Å². The molecule has 0 saturated heterocycles. The number of fused-ring (bicyclic) bond motifs is 1. The first-order valence-corrected chi connectivity index (χ1v) is 8.69. The largest absolute Gasteiger partial charge is 0.312 e. The zero-order chi connectivity index (χ0) is 16.0. The molecule has 24 heavy (non-hydrogen) atoms. The Morgan fingerprint density at radius 2 is 1.96 bits per heavy atom. The van der Waals surface area contributed by atoms with Crippen molar-refractivity contribution in [3.63, 3.8) is 0 Å². The van der Waals surface area contributed by atoms with Gasteiger partial charge in [-0.2, -0.15) is 0 Å². The van der Waals surface area contributed by atoms with Crippen LogP contribution in [0.4, 0.5) is 0 Å². The average Bonchev–Trinajstić information content (AvgIpc) is 2.50. The fourth-order valence-electron chi connectivity index (χ4n) is 2.10. The molecule has 0 radical (unpaired) electrons. The van der Waals surface area contributed by atoms with Crippen molar-refractivity contribution in [1.29, 1.82) is 0 Å². The first kappa shape index (κ1) is 22.8. The van der Waals surface area contributed by atoms with E-state index in [4.69, 9.17) is 0 Å². The number of pyridine rings is 1. The molecule has 8 heteroatoms. The number of halogens is 2. The van der Waals surface area contributed by atoms with Gasteiger partial charge in [0.25, 0.3) is 0 Å². The second kappa shape index (κ2) is 10.6. The van der Waals surface area contributed by atoms with Crippen molar-refractivity contribution in [2.45, 2.75) is 24.8 Å². The fraction of sp³-hybridized carbons (Fsp3) is 0.312. The minimum Gasteiger partial charge on any atom is -0.312 e. The normalized spacial score (nSPS) is 12.6. The Labute approximate surface area is 155 Å². The predicted octanol–water partition coefficient (Wildman–Crippen LogP) is 2.91. The molecular weight excluding hydrogens is 369 g/mol. The van der Waals surface area contributed by atoms with E-state index in [1.54, 1.807) is 36.7 Å². The van der Waals surface area contributed by atoms with Crippen molar-refractivity contribution in [1.82, 2.24) is 15.0 Å². The van der Waals surface area contributed by atoms with Gasteiger partial charge in [0, 0.05) is 36.9 Å². The highest BCUT2D eigenvalue weighted by Crippen LogP contribution is 2.18. The monoisotopic (exact) mass is 391 g/mol. The zero-order valence-corrected chi connectivity index (χ0v) is 16.0. The number of allylic oxidation sites excluding steroid dienone is 1. The molecule has 0 amide bonds. The molecule has 1 aromatic carbocycles. The highest BCUT2D eigenvalue weighted by Gasteiger charge is 2.17. The molecular formula is C16H23Cl2N3O2S. The van der Waals surface area contributed by atoms with Gasteiger partial charge in [0.15, 0.2) is 0 Å². The molecule has 1 aromatic heterocycles. The van der Waals surface area contributed by atoms with Crippen LogP contribution in [-0.4, -0.2) is 32.5 Å². The lowest BCUT2D eigenvalue weighted by atomic mass is 10.2. The Morgan fingerprint density at radius 1 is 1.21 bits per heavy atom. The summed E-state index contributed by atoms with van der Waals surface area (Å²) in [6.07, 6.45) is 7.30. The summed E-state index contributed by atoms with van der Waals surface area (Å²) in [6, 6.07) is 6.65. The lowest BCUT2D eigenvalue weighted by Gasteiger charge is -2.15. The molecule has 0 aliphatic rings. The third-order valence-corrected chi connectivity index (χ3v) is 4.81. The van der Waals surface area contributed by atoms with E-state index in [0.29, 0.717) is 6.54 Å². The predicted molar refractivity (Wildman–Crippen MR) is 104 cm³/mol. The summed E-state index contributed by atoms with van der Waals surface area (Å²) in [6.45, 7) is 5.08. The minimum absolute atomic E-state index is 0. The second-order valence-electron chi connectivity index (χ2n) is 5.13. The van der Waals surface area contributed by atoms with Crippen LogP contribution in [0, 0.1) is 0 Å². The third kappa shape index (κ3) is 6.37.